The first-order valence-electron chi connectivity index (χ1n) is 27.1. The molecule has 23 heteroatoms. The molecule has 1 saturated heterocycles. The fraction of sp³-hybridized carbons (Fsp3) is 0.274. The van der Waals surface area contributed by atoms with Crippen molar-refractivity contribution >= 4 is 62.3 Å². The van der Waals surface area contributed by atoms with Crippen LogP contribution in [0.25, 0.3) is 0 Å². The van der Waals surface area contributed by atoms with Gasteiger partial charge in [-0.15, -0.1) is 15.6 Å². The zero-order chi connectivity index (χ0) is 60.4. The Labute approximate surface area is 496 Å². The Morgan fingerprint density at radius 3 is 1.89 bits per heavy atom. The average Bonchev–Trinajstić information content (AvgIpc) is 1.62. The molecule has 6 aromatic carbocycles. The fourth-order valence-electron chi connectivity index (χ4n) is 9.78. The number of hydrogen-bond donors (Lipinski definition) is 4. The van der Waals surface area contributed by atoms with Crippen molar-refractivity contribution in [1.82, 2.24) is 20.3 Å². The Morgan fingerprint density at radius 2 is 1.35 bits per heavy atom. The van der Waals surface area contributed by atoms with Gasteiger partial charge in [0.25, 0.3) is 12.0 Å². The van der Waals surface area contributed by atoms with Crippen LogP contribution in [0.2, 0.25) is 0 Å². The van der Waals surface area contributed by atoms with Crippen molar-refractivity contribution in [1.29, 1.82) is 0 Å². The first-order valence-corrected chi connectivity index (χ1v) is 29.3. The third kappa shape index (κ3) is 14.8. The fourth-order valence-corrected chi connectivity index (χ4v) is 11.0. The predicted molar refractivity (Wildman–Crippen MR) is 317 cm³/mol. The van der Waals surface area contributed by atoms with Crippen LogP contribution in [-0.4, -0.2) is 100 Å². The summed E-state index contributed by atoms with van der Waals surface area (Å²) >= 11 is 1.16. The minimum Gasteiger partial charge on any atom is -0.489 e. The number of amides is 2. The number of ketones is 1. The normalized spacial score (nSPS) is 15.5. The molecular weight excluding hydrogens is 1130 g/mol. The standard InChI is InChI=1S/C62H64N8O13S2/c1-60(2,3)81-59(74)64-33-34-79-68-57(63)69-37-43-31-32-48(35-44(43)38-69)78-39-52(56(73)80-54(41-21-11-6-12-22-41)42-23-13-7-14-24-42)82-67-53(51(71)36-49-55(72)70(61(49,4)5)83-85(75,76)77)50-40-84-58(65-50)66-62(45-25-15-8-16-26-45,46-27-17-9-18-28-46)47-29-19-10-20-30-47/h6-32,35,40,49,52,54H,33-34,36-39H2,1-5H3,(H2,63,68)(H,64,74)(H,65,66)(H,75,76,77)/b67-53-/t49-,52+/m1/s1. The second-order valence-electron chi connectivity index (χ2n) is 21.5. The number of benzene rings is 6. The summed E-state index contributed by atoms with van der Waals surface area (Å²) in [5.41, 5.74) is 8.48. The average molecular weight is 1190 g/mol. The maximum Gasteiger partial charge on any atom is 0.418 e. The monoisotopic (exact) mass is 1190 g/mol. The molecule has 7 aromatic rings. The third-order valence-corrected chi connectivity index (χ3v) is 15.1. The summed E-state index contributed by atoms with van der Waals surface area (Å²) in [4.78, 5) is 73.6. The van der Waals surface area contributed by atoms with E-state index in [0.717, 1.165) is 39.2 Å². The quantitative estimate of drug-likeness (QED) is 0.00642. The van der Waals surface area contributed by atoms with Gasteiger partial charge in [-0.05, 0) is 90.9 Å². The van der Waals surface area contributed by atoms with Crippen LogP contribution in [0.3, 0.4) is 0 Å². The Kier molecular flexibility index (Phi) is 18.6. The third-order valence-electron chi connectivity index (χ3n) is 14.0. The highest BCUT2D eigenvalue weighted by molar-refractivity contribution is 7.80. The molecule has 85 heavy (non-hydrogen) atoms. The number of esters is 1. The summed E-state index contributed by atoms with van der Waals surface area (Å²) in [6.45, 7) is 8.60. The number of nitrogens with two attached hydrogens (primary N) is 1. The van der Waals surface area contributed by atoms with E-state index in [-0.39, 0.29) is 24.8 Å². The zero-order valence-corrected chi connectivity index (χ0v) is 48.8. The molecule has 0 saturated carbocycles. The van der Waals surface area contributed by atoms with Crippen molar-refractivity contribution in [2.45, 2.75) is 83.0 Å². The number of carbonyl (C=O) groups is 4. The molecule has 0 spiro atoms. The molecule has 21 nitrogen and oxygen atoms in total. The van der Waals surface area contributed by atoms with E-state index in [1.54, 1.807) is 43.2 Å². The first-order chi connectivity index (χ1) is 40.7. The highest BCUT2D eigenvalue weighted by Gasteiger charge is 2.58. The number of nitrogens with zero attached hydrogens (tertiary/aromatic N) is 5. The number of thiazole rings is 1. The molecule has 2 aliphatic rings. The van der Waals surface area contributed by atoms with Gasteiger partial charge in [0, 0.05) is 24.9 Å². The summed E-state index contributed by atoms with van der Waals surface area (Å²) in [7, 11) is -5.11. The number of guanidine groups is 1. The molecule has 2 atom stereocenters. The van der Waals surface area contributed by atoms with Crippen LogP contribution in [-0.2, 0) is 66.8 Å². The Balaban J connectivity index is 1.03. The number of β-lactam (4-membered cyclic amide) rings is 1. The van der Waals surface area contributed by atoms with Crippen LogP contribution >= 0.6 is 11.3 Å². The van der Waals surface area contributed by atoms with Gasteiger partial charge in [-0.2, -0.15) is 13.5 Å². The molecule has 442 valence electrons. The number of alkyl carbamates (subject to hydrolysis) is 1. The summed E-state index contributed by atoms with van der Waals surface area (Å²) in [6.07, 6.45) is -3.74. The van der Waals surface area contributed by atoms with Crippen molar-refractivity contribution < 1.29 is 60.3 Å². The summed E-state index contributed by atoms with van der Waals surface area (Å²) in [5.74, 6) is -3.34. The molecule has 0 aliphatic carbocycles. The van der Waals surface area contributed by atoms with E-state index in [2.05, 4.69) is 25.2 Å². The number of fused-ring (bicyclic) bond motifs is 1. The van der Waals surface area contributed by atoms with Crippen LogP contribution in [0.1, 0.15) is 91.8 Å². The highest BCUT2D eigenvalue weighted by atomic mass is 32.3. The van der Waals surface area contributed by atoms with Gasteiger partial charge in [-0.1, -0.05) is 163 Å². The van der Waals surface area contributed by atoms with Crippen molar-refractivity contribution in [2.24, 2.45) is 22.0 Å². The lowest BCUT2D eigenvalue weighted by atomic mass is 9.74. The number of Topliss-reactive ketones (excluding diaryl/α,β-unsaturated/α-hetero) is 1. The smallest absolute Gasteiger partial charge is 0.418 e. The van der Waals surface area contributed by atoms with E-state index in [0.29, 0.717) is 40.2 Å². The molecule has 0 radical (unpaired) electrons. The topological polar surface area (TPSA) is 272 Å². The molecule has 9 rings (SSSR count). The zero-order valence-electron chi connectivity index (χ0n) is 47.2. The number of hydrogen-bond acceptors (Lipinski definition) is 17. The van der Waals surface area contributed by atoms with Gasteiger partial charge in [0.05, 0.1) is 18.0 Å². The molecule has 2 amide bonds. The second kappa shape index (κ2) is 26.2. The van der Waals surface area contributed by atoms with Gasteiger partial charge in [0.2, 0.25) is 5.96 Å². The molecule has 5 N–H and O–H groups in total. The molecule has 1 aromatic heterocycles. The van der Waals surface area contributed by atoms with E-state index in [9.17, 15) is 32.1 Å². The Bertz CT molecular complexity index is 3510. The van der Waals surface area contributed by atoms with E-state index < -0.39 is 87.7 Å². The van der Waals surface area contributed by atoms with Crippen molar-refractivity contribution in [3.8, 4) is 5.75 Å². The lowest BCUT2D eigenvalue weighted by molar-refractivity contribution is -0.228. The largest absolute Gasteiger partial charge is 0.489 e. The summed E-state index contributed by atoms with van der Waals surface area (Å²) < 4.78 is 55.5. The van der Waals surface area contributed by atoms with Gasteiger partial charge < -0.3 is 45.2 Å². The van der Waals surface area contributed by atoms with E-state index in [1.807, 2.05) is 158 Å². The van der Waals surface area contributed by atoms with Crippen molar-refractivity contribution in [3.63, 3.8) is 0 Å². The minimum atomic E-state index is -5.11. The highest BCUT2D eigenvalue weighted by Crippen LogP contribution is 2.43. The minimum absolute atomic E-state index is 0.00421. The van der Waals surface area contributed by atoms with Gasteiger partial charge in [-0.25, -0.2) is 14.6 Å². The van der Waals surface area contributed by atoms with Crippen LogP contribution in [0.5, 0.6) is 5.75 Å². The van der Waals surface area contributed by atoms with Gasteiger partial charge in [-0.3, -0.25) is 14.1 Å². The van der Waals surface area contributed by atoms with Gasteiger partial charge >= 0.3 is 22.5 Å². The van der Waals surface area contributed by atoms with Crippen LogP contribution < -0.4 is 21.1 Å². The number of ether oxygens (including phenoxy) is 3. The molecular formula is C62H64N8O13S2. The van der Waals surface area contributed by atoms with Crippen molar-refractivity contribution in [2.75, 3.05) is 25.1 Å². The van der Waals surface area contributed by atoms with E-state index in [1.165, 1.54) is 13.8 Å². The van der Waals surface area contributed by atoms with Gasteiger partial charge in [0.15, 0.2) is 22.7 Å². The summed E-state index contributed by atoms with van der Waals surface area (Å²) in [5, 5.41) is 17.2. The predicted octanol–water partition coefficient (Wildman–Crippen LogP) is 9.07. The molecule has 1 fully saturated rings. The van der Waals surface area contributed by atoms with Gasteiger partial charge in [0.1, 0.15) is 35.8 Å². The maximum atomic E-state index is 14.9. The number of carbonyl (C=O) groups excluding carboxylic acids is 4. The Morgan fingerprint density at radius 1 is 0.800 bits per heavy atom. The second-order valence-corrected chi connectivity index (χ2v) is 23.3. The van der Waals surface area contributed by atoms with E-state index >= 15 is 0 Å². The van der Waals surface area contributed by atoms with Crippen LogP contribution in [0.4, 0.5) is 9.93 Å². The number of rotatable bonds is 24. The molecule has 0 unspecified atom stereocenters. The maximum absolute atomic E-state index is 14.9. The van der Waals surface area contributed by atoms with Crippen molar-refractivity contribution in [3.05, 3.63) is 220 Å². The lowest BCUT2D eigenvalue weighted by Crippen LogP contribution is -2.68. The number of nitrogens with one attached hydrogen (secondary N) is 2. The molecule has 2 aliphatic heterocycles. The molecule has 3 heterocycles. The number of aromatic nitrogens is 1. The number of anilines is 1. The van der Waals surface area contributed by atoms with E-state index in [4.69, 9.17) is 34.6 Å². The number of oxime groups is 2. The van der Waals surface area contributed by atoms with Crippen LogP contribution in [0, 0.1) is 5.92 Å². The first kappa shape index (κ1) is 60.4. The lowest BCUT2D eigenvalue weighted by Gasteiger charge is -2.50. The molecule has 0 bridgehead atoms. The SMILES string of the molecule is CC(C)(C)OC(=O)NCCON=C(N)N1Cc2ccc(OC[C@H](O/N=C(\C(=O)C[C@@H]3C(=O)N(OS(=O)(=O)O)C3(C)C)c3csc(NC(c4ccccc4)(c4ccccc4)c4ccccc4)n3)C(=O)OC(c3ccccc3)c3ccccc3)cc2C1. The number of hydroxylamine groups is 2. The Hall–Kier alpha value is -9.16. The van der Waals surface area contributed by atoms with Crippen LogP contribution in [0.15, 0.2) is 186 Å². The summed E-state index contributed by atoms with van der Waals surface area (Å²) in [6, 6.07) is 52.9.